The third kappa shape index (κ3) is 4.20. The highest BCUT2D eigenvalue weighted by atomic mass is 35.5. The fraction of sp³-hybridized carbons (Fsp3) is 0.200. The molecule has 2 rings (SSSR count). The normalized spacial score (nSPS) is 11.4. The molecule has 0 atom stereocenters. The Kier molecular flexibility index (Phi) is 4.88. The van der Waals surface area contributed by atoms with Gasteiger partial charge >= 0.3 is 0 Å². The molecular weight excluding hydrogens is 310 g/mol. The van der Waals surface area contributed by atoms with Gasteiger partial charge < -0.3 is 10.1 Å². The molecule has 0 spiro atoms. The topological polar surface area (TPSA) is 55.4 Å². The van der Waals surface area contributed by atoms with Crippen LogP contribution in [0.3, 0.4) is 0 Å². The third-order valence-corrected chi connectivity index (χ3v) is 4.24. The highest BCUT2D eigenvalue weighted by Crippen LogP contribution is 2.29. The van der Waals surface area contributed by atoms with E-state index in [1.54, 1.807) is 36.4 Å². The SMILES string of the molecule is CNCc1ccc(S(C)(=O)=O)cc1Oc1ccc(Cl)cc1. The predicted molar refractivity (Wildman–Crippen MR) is 83.8 cm³/mol. The van der Waals surface area contributed by atoms with Gasteiger partial charge in [0, 0.05) is 23.4 Å². The Morgan fingerprint density at radius 3 is 2.38 bits per heavy atom. The van der Waals surface area contributed by atoms with Crippen molar-refractivity contribution in [3.8, 4) is 11.5 Å². The van der Waals surface area contributed by atoms with Crippen molar-refractivity contribution in [1.29, 1.82) is 0 Å². The molecule has 112 valence electrons. The largest absolute Gasteiger partial charge is 0.457 e. The number of hydrogen-bond donors (Lipinski definition) is 1. The van der Waals surface area contributed by atoms with Crippen molar-refractivity contribution in [2.75, 3.05) is 13.3 Å². The number of ether oxygens (including phenoxy) is 1. The van der Waals surface area contributed by atoms with Gasteiger partial charge in [0.25, 0.3) is 0 Å². The molecule has 6 heteroatoms. The Balaban J connectivity index is 2.40. The molecule has 0 saturated heterocycles. The van der Waals surface area contributed by atoms with E-state index in [0.717, 1.165) is 5.56 Å². The number of halogens is 1. The smallest absolute Gasteiger partial charge is 0.175 e. The lowest BCUT2D eigenvalue weighted by Gasteiger charge is -2.12. The van der Waals surface area contributed by atoms with Gasteiger partial charge in [-0.05, 0) is 43.4 Å². The van der Waals surface area contributed by atoms with Crippen LogP contribution in [0.25, 0.3) is 0 Å². The van der Waals surface area contributed by atoms with Gasteiger partial charge in [0.15, 0.2) is 9.84 Å². The number of sulfone groups is 1. The minimum atomic E-state index is -3.28. The van der Waals surface area contributed by atoms with Gasteiger partial charge in [-0.3, -0.25) is 0 Å². The second kappa shape index (κ2) is 6.47. The molecule has 1 N–H and O–H groups in total. The van der Waals surface area contributed by atoms with E-state index in [9.17, 15) is 8.42 Å². The van der Waals surface area contributed by atoms with E-state index in [4.69, 9.17) is 16.3 Å². The van der Waals surface area contributed by atoms with Crippen LogP contribution in [-0.4, -0.2) is 21.7 Å². The van der Waals surface area contributed by atoms with E-state index < -0.39 is 9.84 Å². The summed E-state index contributed by atoms with van der Waals surface area (Å²) in [6.45, 7) is 0.576. The Morgan fingerprint density at radius 2 is 1.81 bits per heavy atom. The molecule has 4 nitrogen and oxygen atoms in total. The zero-order valence-corrected chi connectivity index (χ0v) is 13.3. The second-order valence-electron chi connectivity index (χ2n) is 4.63. The quantitative estimate of drug-likeness (QED) is 0.916. The van der Waals surface area contributed by atoms with Crippen LogP contribution < -0.4 is 10.1 Å². The van der Waals surface area contributed by atoms with E-state index in [1.165, 1.54) is 12.3 Å². The van der Waals surface area contributed by atoms with Crippen LogP contribution in [-0.2, 0) is 16.4 Å². The monoisotopic (exact) mass is 325 g/mol. The molecule has 0 aliphatic carbocycles. The first kappa shape index (κ1) is 15.8. The Hall–Kier alpha value is -1.56. The zero-order chi connectivity index (χ0) is 15.5. The van der Waals surface area contributed by atoms with Crippen molar-refractivity contribution in [2.45, 2.75) is 11.4 Å². The van der Waals surface area contributed by atoms with Gasteiger partial charge in [0.05, 0.1) is 4.90 Å². The molecule has 0 unspecified atom stereocenters. The maximum absolute atomic E-state index is 11.7. The van der Waals surface area contributed by atoms with E-state index in [2.05, 4.69) is 5.32 Å². The average molecular weight is 326 g/mol. The first-order chi connectivity index (χ1) is 9.90. The minimum Gasteiger partial charge on any atom is -0.457 e. The summed E-state index contributed by atoms with van der Waals surface area (Å²) in [5.41, 5.74) is 0.875. The molecule has 0 bridgehead atoms. The van der Waals surface area contributed by atoms with Crippen LogP contribution in [0.2, 0.25) is 5.02 Å². The third-order valence-electron chi connectivity index (χ3n) is 2.88. The summed E-state index contributed by atoms with van der Waals surface area (Å²) in [6, 6.07) is 11.8. The van der Waals surface area contributed by atoms with Gasteiger partial charge in [-0.2, -0.15) is 0 Å². The maximum atomic E-state index is 11.7. The number of rotatable bonds is 5. The summed E-state index contributed by atoms with van der Waals surface area (Å²) >= 11 is 5.84. The van der Waals surface area contributed by atoms with Crippen LogP contribution in [0.4, 0.5) is 0 Å². The fourth-order valence-corrected chi connectivity index (χ4v) is 2.59. The molecule has 0 aromatic heterocycles. The first-order valence-electron chi connectivity index (χ1n) is 6.31. The summed E-state index contributed by atoms with van der Waals surface area (Å²) in [6.07, 6.45) is 1.17. The van der Waals surface area contributed by atoms with E-state index in [0.29, 0.717) is 23.1 Å². The summed E-state index contributed by atoms with van der Waals surface area (Å²) < 4.78 is 29.1. The molecular formula is C15H16ClNO3S. The van der Waals surface area contributed by atoms with Crippen LogP contribution in [0.5, 0.6) is 11.5 Å². The standard InChI is InChI=1S/C15H16ClNO3S/c1-17-10-11-3-8-14(21(2,18)19)9-15(11)20-13-6-4-12(16)5-7-13/h3-9,17H,10H2,1-2H3. The van der Waals surface area contributed by atoms with E-state index in [1.807, 2.05) is 7.05 Å². The summed E-state index contributed by atoms with van der Waals surface area (Å²) in [7, 11) is -1.46. The van der Waals surface area contributed by atoms with Crippen molar-refractivity contribution >= 4 is 21.4 Å². The number of benzene rings is 2. The fourth-order valence-electron chi connectivity index (χ4n) is 1.83. The van der Waals surface area contributed by atoms with E-state index in [-0.39, 0.29) is 4.90 Å². The Labute approximate surface area is 129 Å². The number of hydrogen-bond acceptors (Lipinski definition) is 4. The molecule has 21 heavy (non-hydrogen) atoms. The molecule has 2 aromatic rings. The van der Waals surface area contributed by atoms with Gasteiger partial charge in [0.1, 0.15) is 11.5 Å². The molecule has 0 fully saturated rings. The van der Waals surface area contributed by atoms with Gasteiger partial charge in [0.2, 0.25) is 0 Å². The lowest BCUT2D eigenvalue weighted by molar-refractivity contribution is 0.472. The van der Waals surface area contributed by atoms with Crippen molar-refractivity contribution in [3.05, 3.63) is 53.1 Å². The lowest BCUT2D eigenvalue weighted by Crippen LogP contribution is -2.07. The maximum Gasteiger partial charge on any atom is 0.175 e. The van der Waals surface area contributed by atoms with Gasteiger partial charge in [-0.15, -0.1) is 0 Å². The predicted octanol–water partition coefficient (Wildman–Crippen LogP) is 3.26. The molecule has 2 aromatic carbocycles. The Morgan fingerprint density at radius 1 is 1.14 bits per heavy atom. The van der Waals surface area contributed by atoms with Gasteiger partial charge in [-0.25, -0.2) is 8.42 Å². The molecule has 0 saturated carbocycles. The zero-order valence-electron chi connectivity index (χ0n) is 11.8. The minimum absolute atomic E-state index is 0.228. The molecule has 0 aliphatic heterocycles. The van der Waals surface area contributed by atoms with Crippen molar-refractivity contribution < 1.29 is 13.2 Å². The van der Waals surface area contributed by atoms with E-state index >= 15 is 0 Å². The van der Waals surface area contributed by atoms with Crippen LogP contribution >= 0.6 is 11.6 Å². The molecule has 0 heterocycles. The van der Waals surface area contributed by atoms with Crippen molar-refractivity contribution in [3.63, 3.8) is 0 Å². The highest BCUT2D eigenvalue weighted by Gasteiger charge is 2.12. The first-order valence-corrected chi connectivity index (χ1v) is 8.58. The average Bonchev–Trinajstić information content (AvgIpc) is 2.42. The van der Waals surface area contributed by atoms with Crippen LogP contribution in [0.1, 0.15) is 5.56 Å². The van der Waals surface area contributed by atoms with Crippen molar-refractivity contribution in [2.24, 2.45) is 0 Å². The summed E-state index contributed by atoms with van der Waals surface area (Å²) in [5, 5.41) is 3.64. The molecule has 0 amide bonds. The van der Waals surface area contributed by atoms with Gasteiger partial charge in [-0.1, -0.05) is 17.7 Å². The van der Waals surface area contributed by atoms with Crippen molar-refractivity contribution in [1.82, 2.24) is 5.32 Å². The van der Waals surface area contributed by atoms with Crippen LogP contribution in [0, 0.1) is 0 Å². The second-order valence-corrected chi connectivity index (χ2v) is 7.08. The number of nitrogens with one attached hydrogen (secondary N) is 1. The lowest BCUT2D eigenvalue weighted by atomic mass is 10.2. The summed E-state index contributed by atoms with van der Waals surface area (Å²) in [5.74, 6) is 1.11. The Bertz CT molecular complexity index is 727. The molecule has 0 radical (unpaired) electrons. The molecule has 0 aliphatic rings. The summed E-state index contributed by atoms with van der Waals surface area (Å²) in [4.78, 5) is 0.228. The van der Waals surface area contributed by atoms with Crippen LogP contribution in [0.15, 0.2) is 47.4 Å². The highest BCUT2D eigenvalue weighted by molar-refractivity contribution is 7.90.